The first-order valence-electron chi connectivity index (χ1n) is 5.16. The highest BCUT2D eigenvalue weighted by Crippen LogP contribution is 2.01. The van der Waals surface area contributed by atoms with Crippen molar-refractivity contribution >= 4 is 27.7 Å². The zero-order valence-electron chi connectivity index (χ0n) is 9.23. The Balaban J connectivity index is 2.31. The van der Waals surface area contributed by atoms with Gasteiger partial charge in [-0.3, -0.25) is 4.79 Å². The number of hydrogen-bond acceptors (Lipinski definition) is 4. The molecule has 0 saturated carbocycles. The van der Waals surface area contributed by atoms with Gasteiger partial charge in [-0.2, -0.15) is 0 Å². The molecule has 1 rings (SSSR count). The molecule has 0 atom stereocenters. The van der Waals surface area contributed by atoms with Crippen LogP contribution in [-0.2, 0) is 14.3 Å². The summed E-state index contributed by atoms with van der Waals surface area (Å²) >= 11 is 3.20. The molecule has 0 bridgehead atoms. The van der Waals surface area contributed by atoms with E-state index in [0.29, 0.717) is 18.8 Å². The maximum absolute atomic E-state index is 11.5. The van der Waals surface area contributed by atoms with Crippen molar-refractivity contribution in [1.82, 2.24) is 0 Å². The Kier molecular flexibility index (Phi) is 6.50. The fraction of sp³-hybridized carbons (Fsp3) is 0.333. The summed E-state index contributed by atoms with van der Waals surface area (Å²) in [6, 6.07) is 8.31. The maximum atomic E-state index is 11.5. The van der Waals surface area contributed by atoms with Crippen LogP contribution in [0, 0.1) is 0 Å². The second-order valence-electron chi connectivity index (χ2n) is 3.13. The lowest BCUT2D eigenvalue weighted by Gasteiger charge is -2.04. The number of hydrogen-bond donors (Lipinski definition) is 0. The summed E-state index contributed by atoms with van der Waals surface area (Å²) in [6.45, 7) is 0.925. The lowest BCUT2D eigenvalue weighted by Crippen LogP contribution is -2.20. The number of halogens is 1. The van der Waals surface area contributed by atoms with Gasteiger partial charge in [-0.25, -0.2) is 4.79 Å². The topological polar surface area (TPSA) is 52.6 Å². The smallest absolute Gasteiger partial charge is 0.379 e. The van der Waals surface area contributed by atoms with Gasteiger partial charge >= 0.3 is 5.97 Å². The normalized spacial score (nSPS) is 9.94. The molecule has 0 N–H and O–H groups in total. The molecule has 0 amide bonds. The number of carbonyl (C=O) groups excluding carboxylic acids is 2. The Morgan fingerprint density at radius 2 is 1.76 bits per heavy atom. The summed E-state index contributed by atoms with van der Waals surface area (Å²) in [4.78, 5) is 22.9. The lowest BCUT2D eigenvalue weighted by molar-refractivity contribution is -0.139. The van der Waals surface area contributed by atoms with Gasteiger partial charge in [-0.15, -0.1) is 0 Å². The van der Waals surface area contributed by atoms with E-state index in [1.165, 1.54) is 0 Å². The fourth-order valence-electron chi connectivity index (χ4n) is 1.12. The predicted molar refractivity (Wildman–Crippen MR) is 66.3 cm³/mol. The molecule has 17 heavy (non-hydrogen) atoms. The number of Topliss-reactive ketones (excluding diaryl/α,β-unsaturated/α-hetero) is 1. The maximum Gasteiger partial charge on any atom is 0.379 e. The molecule has 0 aliphatic heterocycles. The van der Waals surface area contributed by atoms with Gasteiger partial charge in [0.05, 0.1) is 13.2 Å². The zero-order chi connectivity index (χ0) is 12.5. The minimum Gasteiger partial charge on any atom is -0.457 e. The highest BCUT2D eigenvalue weighted by Gasteiger charge is 2.16. The molecule has 1 aromatic rings. The van der Waals surface area contributed by atoms with Gasteiger partial charge in [0.15, 0.2) is 0 Å². The van der Waals surface area contributed by atoms with Gasteiger partial charge in [0.2, 0.25) is 0 Å². The van der Waals surface area contributed by atoms with Crippen LogP contribution in [0.4, 0.5) is 0 Å². The van der Waals surface area contributed by atoms with Crippen LogP contribution in [0.2, 0.25) is 0 Å². The van der Waals surface area contributed by atoms with Gasteiger partial charge in [0.1, 0.15) is 6.61 Å². The summed E-state index contributed by atoms with van der Waals surface area (Å²) in [6.07, 6.45) is 0. The van der Waals surface area contributed by atoms with Crippen LogP contribution >= 0.6 is 15.9 Å². The Hall–Kier alpha value is -1.20. The highest BCUT2D eigenvalue weighted by molar-refractivity contribution is 9.09. The number of benzene rings is 1. The molecular weight excluding hydrogens is 288 g/mol. The molecule has 0 heterocycles. The van der Waals surface area contributed by atoms with Gasteiger partial charge in [-0.05, 0) is 0 Å². The predicted octanol–water partition coefficient (Wildman–Crippen LogP) is 1.82. The lowest BCUT2D eigenvalue weighted by atomic mass is 10.1. The first kappa shape index (κ1) is 13.9. The van der Waals surface area contributed by atoms with Crippen molar-refractivity contribution < 1.29 is 19.1 Å². The van der Waals surface area contributed by atoms with Crippen LogP contribution in [0.3, 0.4) is 0 Å². The Morgan fingerprint density at radius 1 is 1.06 bits per heavy atom. The van der Waals surface area contributed by atoms with E-state index in [0.717, 1.165) is 5.33 Å². The average molecular weight is 301 g/mol. The highest BCUT2D eigenvalue weighted by atomic mass is 79.9. The molecule has 0 radical (unpaired) electrons. The number of esters is 1. The second-order valence-corrected chi connectivity index (χ2v) is 3.93. The van der Waals surface area contributed by atoms with Crippen LogP contribution in [0.1, 0.15) is 10.4 Å². The Morgan fingerprint density at radius 3 is 2.41 bits per heavy atom. The van der Waals surface area contributed by atoms with Gasteiger partial charge in [0, 0.05) is 10.9 Å². The molecule has 0 aromatic heterocycles. The molecule has 5 heteroatoms. The molecule has 0 saturated heterocycles. The van der Waals surface area contributed by atoms with Crippen molar-refractivity contribution in [3.63, 3.8) is 0 Å². The summed E-state index contributed by atoms with van der Waals surface area (Å²) < 4.78 is 9.86. The van der Waals surface area contributed by atoms with E-state index < -0.39 is 11.8 Å². The van der Waals surface area contributed by atoms with Crippen molar-refractivity contribution in [2.75, 3.05) is 25.2 Å². The van der Waals surface area contributed by atoms with Crippen molar-refractivity contribution in [3.05, 3.63) is 35.9 Å². The van der Waals surface area contributed by atoms with E-state index in [-0.39, 0.29) is 6.61 Å². The molecule has 0 aliphatic rings. The molecular formula is C12H13BrO4. The number of ether oxygens (including phenoxy) is 2. The summed E-state index contributed by atoms with van der Waals surface area (Å²) in [7, 11) is 0. The van der Waals surface area contributed by atoms with E-state index in [1.54, 1.807) is 30.3 Å². The van der Waals surface area contributed by atoms with Crippen LogP contribution < -0.4 is 0 Å². The fourth-order valence-corrected chi connectivity index (χ4v) is 1.35. The molecule has 0 fully saturated rings. The minimum atomic E-state index is -0.848. The standard InChI is InChI=1S/C12H13BrO4/c13-6-7-16-8-9-17-12(15)11(14)10-4-2-1-3-5-10/h1-5H,6-9H2. The molecule has 4 nitrogen and oxygen atoms in total. The summed E-state index contributed by atoms with van der Waals surface area (Å²) in [5, 5.41) is 0.726. The van der Waals surface area contributed by atoms with Crippen molar-refractivity contribution in [3.8, 4) is 0 Å². The summed E-state index contributed by atoms with van der Waals surface area (Å²) in [5.74, 6) is -1.48. The average Bonchev–Trinajstić information content (AvgIpc) is 2.38. The SMILES string of the molecule is O=C(OCCOCCBr)C(=O)c1ccccc1. The van der Waals surface area contributed by atoms with Crippen molar-refractivity contribution in [1.29, 1.82) is 0 Å². The third kappa shape index (κ3) is 5.10. The number of carbonyl (C=O) groups is 2. The van der Waals surface area contributed by atoms with Crippen molar-refractivity contribution in [2.45, 2.75) is 0 Å². The Labute approximate surface area is 108 Å². The van der Waals surface area contributed by atoms with Crippen LogP contribution in [0.5, 0.6) is 0 Å². The van der Waals surface area contributed by atoms with Gasteiger partial charge in [0.25, 0.3) is 5.78 Å². The largest absolute Gasteiger partial charge is 0.457 e. The molecule has 92 valence electrons. The van der Waals surface area contributed by atoms with Gasteiger partial charge < -0.3 is 9.47 Å². The molecule has 0 unspecified atom stereocenters. The van der Waals surface area contributed by atoms with Crippen LogP contribution in [0.25, 0.3) is 0 Å². The molecule has 0 spiro atoms. The third-order valence-corrected chi connectivity index (χ3v) is 2.23. The van der Waals surface area contributed by atoms with E-state index in [1.807, 2.05) is 0 Å². The van der Waals surface area contributed by atoms with E-state index in [2.05, 4.69) is 15.9 Å². The zero-order valence-corrected chi connectivity index (χ0v) is 10.8. The molecule has 1 aromatic carbocycles. The summed E-state index contributed by atoms with van der Waals surface area (Å²) in [5.41, 5.74) is 0.332. The van der Waals surface area contributed by atoms with E-state index in [9.17, 15) is 9.59 Å². The molecule has 0 aliphatic carbocycles. The Bertz CT molecular complexity index is 364. The monoisotopic (exact) mass is 300 g/mol. The van der Waals surface area contributed by atoms with E-state index >= 15 is 0 Å². The van der Waals surface area contributed by atoms with Crippen LogP contribution in [0.15, 0.2) is 30.3 Å². The van der Waals surface area contributed by atoms with Gasteiger partial charge in [-0.1, -0.05) is 46.3 Å². The third-order valence-electron chi connectivity index (χ3n) is 1.90. The van der Waals surface area contributed by atoms with E-state index in [4.69, 9.17) is 9.47 Å². The quantitative estimate of drug-likeness (QED) is 0.253. The number of alkyl halides is 1. The first-order valence-corrected chi connectivity index (χ1v) is 6.28. The second kappa shape index (κ2) is 7.97. The van der Waals surface area contributed by atoms with Crippen LogP contribution in [-0.4, -0.2) is 36.9 Å². The minimum absolute atomic E-state index is 0.0877. The van der Waals surface area contributed by atoms with Crippen molar-refractivity contribution in [2.24, 2.45) is 0 Å². The number of ketones is 1. The number of rotatable bonds is 7. The first-order chi connectivity index (χ1) is 8.25.